The van der Waals surface area contributed by atoms with Gasteiger partial charge >= 0.3 is 5.97 Å². The van der Waals surface area contributed by atoms with Crippen molar-refractivity contribution < 1.29 is 23.9 Å². The average molecular weight is 517 g/mol. The number of nitrogens with two attached hydrogens (primary N) is 1. The summed E-state index contributed by atoms with van der Waals surface area (Å²) < 4.78 is 13.4. The van der Waals surface area contributed by atoms with Gasteiger partial charge in [0.05, 0.1) is 4.88 Å². The fourth-order valence-electron chi connectivity index (χ4n) is 4.02. The van der Waals surface area contributed by atoms with Crippen LogP contribution in [0.2, 0.25) is 5.02 Å². The van der Waals surface area contributed by atoms with Crippen LogP contribution in [0.4, 0.5) is 4.39 Å². The summed E-state index contributed by atoms with van der Waals surface area (Å²) >= 11 is 7.23. The summed E-state index contributed by atoms with van der Waals surface area (Å²) in [4.78, 5) is 40.1. The van der Waals surface area contributed by atoms with Crippen LogP contribution in [-0.2, 0) is 16.0 Å². The second-order valence-electron chi connectivity index (χ2n) is 8.81. The number of thiophene rings is 1. The van der Waals surface area contributed by atoms with Crippen molar-refractivity contribution in [3.05, 3.63) is 81.9 Å². The van der Waals surface area contributed by atoms with E-state index in [0.717, 1.165) is 16.0 Å². The van der Waals surface area contributed by atoms with E-state index in [1.54, 1.807) is 44.2 Å². The van der Waals surface area contributed by atoms with E-state index in [9.17, 15) is 23.9 Å². The Balaban J connectivity index is 2.00. The van der Waals surface area contributed by atoms with Crippen LogP contribution in [-0.4, -0.2) is 39.4 Å². The lowest BCUT2D eigenvalue weighted by atomic mass is 9.89. The summed E-state index contributed by atoms with van der Waals surface area (Å²) in [5.74, 6) is -2.71. The minimum Gasteiger partial charge on any atom is -0.481 e. The predicted molar refractivity (Wildman–Crippen MR) is 135 cm³/mol. The molecule has 0 saturated heterocycles. The van der Waals surface area contributed by atoms with E-state index in [1.807, 2.05) is 18.2 Å². The Labute approximate surface area is 212 Å². The van der Waals surface area contributed by atoms with Gasteiger partial charge in [-0.05, 0) is 74.2 Å². The fraction of sp³-hybridized carbons (Fsp3) is 0.269. The number of benzene rings is 2. The topological polar surface area (TPSA) is 101 Å². The first-order valence-corrected chi connectivity index (χ1v) is 12.1. The van der Waals surface area contributed by atoms with Gasteiger partial charge in [-0.3, -0.25) is 14.4 Å². The third-order valence-corrected chi connectivity index (χ3v) is 7.01. The maximum Gasteiger partial charge on any atom is 0.303 e. The predicted octanol–water partition coefficient (Wildman–Crippen LogP) is 5.39. The Hall–Kier alpha value is -3.23. The summed E-state index contributed by atoms with van der Waals surface area (Å²) in [5, 5.41) is 9.79. The molecule has 0 saturated carbocycles. The van der Waals surface area contributed by atoms with Crippen LogP contribution in [0.25, 0.3) is 10.4 Å². The Morgan fingerprint density at radius 3 is 2.26 bits per heavy atom. The van der Waals surface area contributed by atoms with Gasteiger partial charge in [0.25, 0.3) is 5.91 Å². The molecule has 0 radical (unpaired) electrons. The minimum atomic E-state index is -1.14. The van der Waals surface area contributed by atoms with Crippen LogP contribution in [0, 0.1) is 5.82 Å². The lowest BCUT2D eigenvalue weighted by Gasteiger charge is -2.42. The van der Waals surface area contributed by atoms with Crippen LogP contribution in [0.15, 0.2) is 60.7 Å². The van der Waals surface area contributed by atoms with Crippen LogP contribution in [0.5, 0.6) is 0 Å². The highest BCUT2D eigenvalue weighted by Crippen LogP contribution is 2.33. The molecule has 1 aromatic heterocycles. The van der Waals surface area contributed by atoms with Gasteiger partial charge < -0.3 is 15.7 Å². The molecule has 0 spiro atoms. The molecular weight excluding hydrogens is 491 g/mol. The zero-order chi connectivity index (χ0) is 25.8. The van der Waals surface area contributed by atoms with Gasteiger partial charge in [-0.15, -0.1) is 11.3 Å². The highest BCUT2D eigenvalue weighted by molar-refractivity contribution is 7.17. The second-order valence-corrected chi connectivity index (χ2v) is 10.3. The average Bonchev–Trinajstić information content (AvgIpc) is 3.28. The molecule has 9 heteroatoms. The molecule has 0 fully saturated rings. The SMILES string of the molecule is CC(C)(Cc1ccc(F)cc1)N(C(=O)c1ccc(-c2ccc(Cl)cc2)s1)[C@@H](CCC(=O)O)C(N)=O. The number of rotatable bonds is 10. The lowest BCUT2D eigenvalue weighted by molar-refractivity contribution is -0.137. The number of amides is 2. The van der Waals surface area contributed by atoms with Crippen LogP contribution in [0.3, 0.4) is 0 Å². The van der Waals surface area contributed by atoms with Gasteiger partial charge in [0.15, 0.2) is 0 Å². The molecule has 3 N–H and O–H groups in total. The number of nitrogens with zero attached hydrogens (tertiary/aromatic N) is 1. The van der Waals surface area contributed by atoms with Crippen LogP contribution in [0.1, 0.15) is 41.9 Å². The first kappa shape index (κ1) is 26.4. The highest BCUT2D eigenvalue weighted by atomic mass is 35.5. The minimum absolute atomic E-state index is 0.126. The number of carbonyl (C=O) groups is 3. The molecule has 35 heavy (non-hydrogen) atoms. The van der Waals surface area contributed by atoms with Crippen molar-refractivity contribution in [2.75, 3.05) is 0 Å². The number of hydrogen-bond acceptors (Lipinski definition) is 4. The Bertz CT molecular complexity index is 1210. The first-order valence-electron chi connectivity index (χ1n) is 10.9. The van der Waals surface area contributed by atoms with E-state index in [4.69, 9.17) is 17.3 Å². The molecule has 1 heterocycles. The third-order valence-electron chi connectivity index (χ3n) is 5.64. The van der Waals surface area contributed by atoms with Crippen molar-refractivity contribution in [1.29, 1.82) is 0 Å². The van der Waals surface area contributed by atoms with E-state index in [1.165, 1.54) is 28.4 Å². The first-order chi connectivity index (χ1) is 16.5. The van der Waals surface area contributed by atoms with E-state index in [-0.39, 0.29) is 18.7 Å². The maximum atomic E-state index is 13.8. The van der Waals surface area contributed by atoms with Gasteiger partial charge in [-0.25, -0.2) is 4.39 Å². The monoisotopic (exact) mass is 516 g/mol. The number of halogens is 2. The summed E-state index contributed by atoms with van der Waals surface area (Å²) in [6.45, 7) is 3.55. The molecule has 1 atom stereocenters. The van der Waals surface area contributed by atoms with E-state index in [0.29, 0.717) is 16.3 Å². The Kier molecular flexibility index (Phi) is 8.30. The van der Waals surface area contributed by atoms with Crippen molar-refractivity contribution in [3.63, 3.8) is 0 Å². The van der Waals surface area contributed by atoms with Crippen molar-refractivity contribution in [2.45, 2.75) is 44.7 Å². The van der Waals surface area contributed by atoms with Crippen LogP contribution >= 0.6 is 22.9 Å². The smallest absolute Gasteiger partial charge is 0.303 e. The molecule has 0 aliphatic rings. The Morgan fingerprint density at radius 1 is 1.06 bits per heavy atom. The van der Waals surface area contributed by atoms with Gasteiger partial charge in [0.1, 0.15) is 11.9 Å². The molecule has 184 valence electrons. The zero-order valence-electron chi connectivity index (χ0n) is 19.3. The van der Waals surface area contributed by atoms with Gasteiger partial charge in [0, 0.05) is 21.9 Å². The van der Waals surface area contributed by atoms with E-state index >= 15 is 0 Å². The molecule has 2 aromatic carbocycles. The molecule has 0 bridgehead atoms. The van der Waals surface area contributed by atoms with Crippen molar-refractivity contribution >= 4 is 40.7 Å². The Morgan fingerprint density at radius 2 is 1.69 bits per heavy atom. The van der Waals surface area contributed by atoms with Gasteiger partial charge in [-0.2, -0.15) is 0 Å². The van der Waals surface area contributed by atoms with Gasteiger partial charge in [-0.1, -0.05) is 35.9 Å². The number of carboxylic acid groups (broad SMARTS) is 1. The summed E-state index contributed by atoms with van der Waals surface area (Å²) in [7, 11) is 0. The maximum absolute atomic E-state index is 13.8. The van der Waals surface area contributed by atoms with Crippen molar-refractivity contribution in [1.82, 2.24) is 4.90 Å². The van der Waals surface area contributed by atoms with Gasteiger partial charge in [0.2, 0.25) is 5.91 Å². The quantitative estimate of drug-likeness (QED) is 0.377. The second kappa shape index (κ2) is 11.0. The van der Waals surface area contributed by atoms with E-state index < -0.39 is 29.4 Å². The fourth-order valence-corrected chi connectivity index (χ4v) is 5.10. The number of aliphatic carboxylic acids is 1. The standard InChI is InChI=1S/C26H26ClFN2O4S/c1-26(2,15-16-3-9-19(28)10-4-16)30(20(24(29)33)11-14-23(31)32)25(34)22-13-12-21(35-22)17-5-7-18(27)8-6-17/h3-10,12-13,20H,11,14-15H2,1-2H3,(H2,29,33)(H,31,32)/t20-/m0/s1. The molecular formula is C26H26ClFN2O4S. The lowest BCUT2D eigenvalue weighted by Crippen LogP contribution is -2.58. The molecule has 0 aliphatic heterocycles. The van der Waals surface area contributed by atoms with Crippen molar-refractivity contribution in [2.24, 2.45) is 5.73 Å². The molecule has 3 rings (SSSR count). The molecule has 2 amide bonds. The van der Waals surface area contributed by atoms with E-state index in [2.05, 4.69) is 0 Å². The zero-order valence-corrected chi connectivity index (χ0v) is 20.9. The summed E-state index contributed by atoms with van der Waals surface area (Å²) in [6, 6.07) is 15.4. The molecule has 6 nitrogen and oxygen atoms in total. The summed E-state index contributed by atoms with van der Waals surface area (Å²) in [6.07, 6.45) is -0.158. The number of hydrogen-bond donors (Lipinski definition) is 2. The molecule has 3 aromatic rings. The largest absolute Gasteiger partial charge is 0.481 e. The van der Waals surface area contributed by atoms with Crippen molar-refractivity contribution in [3.8, 4) is 10.4 Å². The van der Waals surface area contributed by atoms with Crippen LogP contribution < -0.4 is 5.73 Å². The molecule has 0 unspecified atom stereocenters. The third kappa shape index (κ3) is 6.68. The summed E-state index contributed by atoms with van der Waals surface area (Å²) in [5.41, 5.74) is 6.36. The normalized spacial score (nSPS) is 12.2. The number of carboxylic acids is 1. The number of primary amides is 1. The number of carbonyl (C=O) groups excluding carboxylic acids is 2. The molecule has 0 aliphatic carbocycles. The highest BCUT2D eigenvalue weighted by Gasteiger charge is 2.40.